The number of nitrogens with zero attached hydrogens (tertiary/aromatic N) is 2. The van der Waals surface area contributed by atoms with Crippen LogP contribution in [0.25, 0.3) is 5.69 Å². The van der Waals surface area contributed by atoms with Crippen LogP contribution in [0.15, 0.2) is 63.1 Å². The fourth-order valence-electron chi connectivity index (χ4n) is 2.39. The molecule has 0 bridgehead atoms. The molecule has 2 aromatic carbocycles. The first-order valence-electron chi connectivity index (χ1n) is 7.62. The van der Waals surface area contributed by atoms with Crippen LogP contribution in [-0.4, -0.2) is 37.1 Å². The highest BCUT2D eigenvalue weighted by Crippen LogP contribution is 2.24. The lowest BCUT2D eigenvalue weighted by Gasteiger charge is -2.09. The highest BCUT2D eigenvalue weighted by atomic mass is 16.4. The minimum absolute atomic E-state index is 0.147. The molecule has 4 N–H and O–H groups in total. The van der Waals surface area contributed by atoms with Crippen LogP contribution in [0.3, 0.4) is 0 Å². The molecule has 0 saturated carbocycles. The first-order valence-corrected chi connectivity index (χ1v) is 7.62. The van der Waals surface area contributed by atoms with Crippen LogP contribution in [0.5, 0.6) is 11.6 Å². The molecule has 0 aliphatic rings. The molecule has 0 unspecified atom stereocenters. The average Bonchev–Trinajstić information content (AvgIpc) is 2.62. The summed E-state index contributed by atoms with van der Waals surface area (Å²) < 4.78 is 0.910. The molecule has 0 aliphatic heterocycles. The van der Waals surface area contributed by atoms with Gasteiger partial charge in [0.1, 0.15) is 16.9 Å². The average molecular weight is 367 g/mol. The highest BCUT2D eigenvalue weighted by molar-refractivity contribution is 5.91. The fraction of sp³-hybridized carbons (Fsp3) is 0. The number of carboxylic acid groups (broad SMARTS) is 1. The van der Waals surface area contributed by atoms with E-state index in [1.807, 2.05) is 0 Å². The van der Waals surface area contributed by atoms with Crippen LogP contribution >= 0.6 is 0 Å². The van der Waals surface area contributed by atoms with Crippen molar-refractivity contribution in [2.45, 2.75) is 0 Å². The molecule has 3 rings (SSSR count). The third kappa shape index (κ3) is 3.47. The molecule has 0 fully saturated rings. The van der Waals surface area contributed by atoms with Crippen LogP contribution in [0.1, 0.15) is 15.9 Å². The molecular weight excluding hydrogens is 354 g/mol. The molecule has 1 aromatic heterocycles. The second-order valence-electron chi connectivity index (χ2n) is 5.43. The second-order valence-corrected chi connectivity index (χ2v) is 5.43. The Morgan fingerprint density at radius 1 is 1.07 bits per heavy atom. The molecule has 136 valence electrons. The maximum atomic E-state index is 12.0. The molecule has 0 spiro atoms. The SMILES string of the molecule is O=C(O)c1ccc(N=Cc2c(O)n(-c3ccccc3)c(=O)[nH]c2=O)cc1O. The number of aromatic carboxylic acids is 1. The number of hydrogen-bond donors (Lipinski definition) is 4. The zero-order chi connectivity index (χ0) is 19.6. The third-order valence-electron chi connectivity index (χ3n) is 3.69. The monoisotopic (exact) mass is 367 g/mol. The van der Waals surface area contributed by atoms with Crippen LogP contribution in [0.4, 0.5) is 5.69 Å². The molecule has 9 heteroatoms. The lowest BCUT2D eigenvalue weighted by atomic mass is 10.2. The minimum atomic E-state index is -1.30. The fourth-order valence-corrected chi connectivity index (χ4v) is 2.39. The molecule has 1 heterocycles. The van der Waals surface area contributed by atoms with Gasteiger partial charge in [0.2, 0.25) is 5.88 Å². The van der Waals surface area contributed by atoms with Gasteiger partial charge in [0.25, 0.3) is 5.56 Å². The van der Waals surface area contributed by atoms with Gasteiger partial charge in [-0.25, -0.2) is 14.2 Å². The molecule has 0 saturated heterocycles. The van der Waals surface area contributed by atoms with E-state index in [0.717, 1.165) is 22.9 Å². The van der Waals surface area contributed by atoms with Gasteiger partial charge < -0.3 is 15.3 Å². The Bertz CT molecular complexity index is 1160. The van der Waals surface area contributed by atoms with Gasteiger partial charge in [-0.15, -0.1) is 0 Å². The van der Waals surface area contributed by atoms with Crippen molar-refractivity contribution in [3.05, 3.63) is 80.5 Å². The maximum Gasteiger partial charge on any atom is 0.339 e. The highest BCUT2D eigenvalue weighted by Gasteiger charge is 2.14. The van der Waals surface area contributed by atoms with Gasteiger partial charge in [-0.2, -0.15) is 0 Å². The van der Waals surface area contributed by atoms with Crippen molar-refractivity contribution in [1.82, 2.24) is 9.55 Å². The molecular formula is C18H13N3O6. The zero-order valence-electron chi connectivity index (χ0n) is 13.7. The topological polar surface area (TPSA) is 145 Å². The summed E-state index contributed by atoms with van der Waals surface area (Å²) >= 11 is 0. The Balaban J connectivity index is 2.07. The number of rotatable bonds is 4. The van der Waals surface area contributed by atoms with Crippen LogP contribution < -0.4 is 11.2 Å². The molecule has 0 aliphatic carbocycles. The largest absolute Gasteiger partial charge is 0.507 e. The number of carbonyl (C=O) groups is 1. The van der Waals surface area contributed by atoms with Crippen molar-refractivity contribution < 1.29 is 20.1 Å². The summed E-state index contributed by atoms with van der Waals surface area (Å²) in [6.07, 6.45) is 1.02. The number of nitrogens with one attached hydrogen (secondary N) is 1. The minimum Gasteiger partial charge on any atom is -0.507 e. The van der Waals surface area contributed by atoms with Gasteiger partial charge in [-0.1, -0.05) is 18.2 Å². The normalized spacial score (nSPS) is 11.0. The lowest BCUT2D eigenvalue weighted by molar-refractivity contribution is 0.0694. The van der Waals surface area contributed by atoms with Crippen molar-refractivity contribution in [3.8, 4) is 17.3 Å². The second kappa shape index (κ2) is 7.00. The summed E-state index contributed by atoms with van der Waals surface area (Å²) in [4.78, 5) is 41.0. The lowest BCUT2D eigenvalue weighted by Crippen LogP contribution is -2.31. The van der Waals surface area contributed by atoms with Gasteiger partial charge in [0, 0.05) is 12.3 Å². The maximum absolute atomic E-state index is 12.0. The van der Waals surface area contributed by atoms with E-state index in [9.17, 15) is 24.6 Å². The van der Waals surface area contributed by atoms with E-state index in [4.69, 9.17) is 5.11 Å². The quantitative estimate of drug-likeness (QED) is 0.513. The van der Waals surface area contributed by atoms with Crippen molar-refractivity contribution in [2.24, 2.45) is 4.99 Å². The molecule has 3 aromatic rings. The van der Waals surface area contributed by atoms with Crippen LogP contribution in [-0.2, 0) is 0 Å². The summed E-state index contributed by atoms with van der Waals surface area (Å²) in [7, 11) is 0. The number of aliphatic imine (C=N–C) groups is 1. The number of benzene rings is 2. The Morgan fingerprint density at radius 2 is 1.78 bits per heavy atom. The van der Waals surface area contributed by atoms with Crippen molar-refractivity contribution in [2.75, 3.05) is 0 Å². The Kier molecular flexibility index (Phi) is 4.58. The van der Waals surface area contributed by atoms with Gasteiger partial charge in [0.05, 0.1) is 11.4 Å². The Hall–Kier alpha value is -4.14. The first kappa shape index (κ1) is 17.7. The smallest absolute Gasteiger partial charge is 0.339 e. The van der Waals surface area contributed by atoms with Gasteiger partial charge in [-0.05, 0) is 24.3 Å². The molecule has 9 nitrogen and oxygen atoms in total. The van der Waals surface area contributed by atoms with E-state index < -0.39 is 28.8 Å². The van der Waals surface area contributed by atoms with Gasteiger partial charge in [-0.3, -0.25) is 14.8 Å². The van der Waals surface area contributed by atoms with Crippen molar-refractivity contribution in [1.29, 1.82) is 0 Å². The van der Waals surface area contributed by atoms with E-state index in [0.29, 0.717) is 5.69 Å². The number of carboxylic acids is 1. The van der Waals surface area contributed by atoms with E-state index in [-0.39, 0.29) is 16.8 Å². The third-order valence-corrected chi connectivity index (χ3v) is 3.69. The summed E-state index contributed by atoms with van der Waals surface area (Å²) in [6.45, 7) is 0. The van der Waals surface area contributed by atoms with Gasteiger partial charge >= 0.3 is 11.7 Å². The number of H-pyrrole nitrogens is 1. The number of aromatic hydroxyl groups is 2. The van der Waals surface area contributed by atoms with Crippen molar-refractivity contribution >= 4 is 17.9 Å². The standard InChI is InChI=1S/C18H13N3O6/c22-14-8-10(6-7-12(14)17(25)26)19-9-13-15(23)20-18(27)21(16(13)24)11-4-2-1-3-5-11/h1-9,22,24H,(H,25,26)(H,20,23,27). The number of hydrogen-bond acceptors (Lipinski definition) is 6. The predicted molar refractivity (Wildman–Crippen MR) is 96.6 cm³/mol. The van der Waals surface area contributed by atoms with Crippen molar-refractivity contribution in [3.63, 3.8) is 0 Å². The zero-order valence-corrected chi connectivity index (χ0v) is 13.7. The van der Waals surface area contributed by atoms with E-state index in [1.54, 1.807) is 30.3 Å². The van der Waals surface area contributed by atoms with E-state index in [2.05, 4.69) is 9.98 Å². The molecule has 0 amide bonds. The number of para-hydroxylation sites is 1. The van der Waals surface area contributed by atoms with Crippen LogP contribution in [0, 0.1) is 0 Å². The number of phenols is 1. The number of aromatic amines is 1. The summed E-state index contributed by atoms with van der Waals surface area (Å²) in [6, 6.07) is 11.8. The molecule has 0 atom stereocenters. The summed E-state index contributed by atoms with van der Waals surface area (Å²) in [5.74, 6) is -2.40. The Morgan fingerprint density at radius 3 is 2.41 bits per heavy atom. The first-order chi connectivity index (χ1) is 12.9. The molecule has 27 heavy (non-hydrogen) atoms. The Labute approximate surface area is 151 Å². The number of aromatic nitrogens is 2. The van der Waals surface area contributed by atoms with Crippen LogP contribution in [0.2, 0.25) is 0 Å². The summed E-state index contributed by atoms with van der Waals surface area (Å²) in [5.41, 5.74) is -1.75. The summed E-state index contributed by atoms with van der Waals surface area (Å²) in [5, 5.41) is 29.0. The molecule has 0 radical (unpaired) electrons. The van der Waals surface area contributed by atoms with E-state index in [1.165, 1.54) is 6.07 Å². The van der Waals surface area contributed by atoms with Gasteiger partial charge in [0.15, 0.2) is 0 Å². The predicted octanol–water partition coefficient (Wildman–Crippen LogP) is 1.39. The van der Waals surface area contributed by atoms with E-state index >= 15 is 0 Å².